The molecule has 0 radical (unpaired) electrons. The summed E-state index contributed by atoms with van der Waals surface area (Å²) in [6, 6.07) is 24.4. The van der Waals surface area contributed by atoms with Crippen molar-refractivity contribution in [3.8, 4) is 17.1 Å². The van der Waals surface area contributed by atoms with Crippen molar-refractivity contribution in [3.63, 3.8) is 0 Å². The molecule has 0 fully saturated rings. The van der Waals surface area contributed by atoms with Gasteiger partial charge in [-0.3, -0.25) is 4.98 Å². The Morgan fingerprint density at radius 1 is 0.914 bits per heavy atom. The average molecular weight is 479 g/mol. The third-order valence-corrected chi connectivity index (χ3v) is 6.03. The molecule has 7 heteroatoms. The summed E-state index contributed by atoms with van der Waals surface area (Å²) in [6.45, 7) is 6.40. The Hall–Kier alpha value is -4.10. The summed E-state index contributed by atoms with van der Waals surface area (Å²) in [5.41, 5.74) is 7.02. The SMILES string of the molecule is Cc1ccc(-n2cnc(-c3cnc4cc(NC(=S)Nc5ccccc5C(C)C)ccc4c3)n2)cc1. The number of nitrogens with one attached hydrogen (secondary N) is 2. The highest BCUT2D eigenvalue weighted by Gasteiger charge is 2.10. The third-order valence-electron chi connectivity index (χ3n) is 5.82. The summed E-state index contributed by atoms with van der Waals surface area (Å²) >= 11 is 5.56. The summed E-state index contributed by atoms with van der Waals surface area (Å²) in [6.07, 6.45) is 3.53. The van der Waals surface area contributed by atoms with Gasteiger partial charge in [-0.05, 0) is 67.0 Å². The lowest BCUT2D eigenvalue weighted by molar-refractivity contribution is 0.869. The van der Waals surface area contributed by atoms with Gasteiger partial charge in [-0.25, -0.2) is 9.67 Å². The number of para-hydroxylation sites is 1. The van der Waals surface area contributed by atoms with E-state index in [2.05, 4.69) is 70.7 Å². The predicted molar refractivity (Wildman–Crippen MR) is 147 cm³/mol. The zero-order chi connectivity index (χ0) is 24.4. The lowest BCUT2D eigenvalue weighted by atomic mass is 10.0. The van der Waals surface area contributed by atoms with Gasteiger partial charge in [-0.1, -0.05) is 55.8 Å². The molecule has 5 aromatic rings. The minimum atomic E-state index is 0.401. The van der Waals surface area contributed by atoms with Crippen LogP contribution in [0.2, 0.25) is 0 Å². The number of pyridine rings is 1. The van der Waals surface area contributed by atoms with Crippen molar-refractivity contribution in [2.75, 3.05) is 10.6 Å². The second-order valence-corrected chi connectivity index (χ2v) is 9.21. The van der Waals surface area contributed by atoms with Crippen LogP contribution in [0, 0.1) is 6.92 Å². The Morgan fingerprint density at radius 3 is 2.51 bits per heavy atom. The highest BCUT2D eigenvalue weighted by molar-refractivity contribution is 7.80. The van der Waals surface area contributed by atoms with Gasteiger partial charge in [0, 0.05) is 28.5 Å². The van der Waals surface area contributed by atoms with E-state index >= 15 is 0 Å². The van der Waals surface area contributed by atoms with E-state index in [1.54, 1.807) is 17.2 Å². The second kappa shape index (κ2) is 9.64. The molecule has 174 valence electrons. The molecule has 2 N–H and O–H groups in total. The van der Waals surface area contributed by atoms with Gasteiger partial charge < -0.3 is 10.6 Å². The Bertz CT molecular complexity index is 1500. The van der Waals surface area contributed by atoms with Gasteiger partial charge in [0.05, 0.1) is 11.2 Å². The van der Waals surface area contributed by atoms with Crippen LogP contribution in [-0.4, -0.2) is 24.9 Å². The number of aryl methyl sites for hydroxylation is 1. The van der Waals surface area contributed by atoms with Gasteiger partial charge in [0.25, 0.3) is 0 Å². The second-order valence-electron chi connectivity index (χ2n) is 8.80. The van der Waals surface area contributed by atoms with E-state index in [4.69, 9.17) is 12.2 Å². The van der Waals surface area contributed by atoms with E-state index in [-0.39, 0.29) is 0 Å². The topological polar surface area (TPSA) is 67.7 Å². The normalized spacial score (nSPS) is 11.1. The van der Waals surface area contributed by atoms with Crippen LogP contribution >= 0.6 is 12.2 Å². The number of hydrogen-bond acceptors (Lipinski definition) is 4. The van der Waals surface area contributed by atoms with Crippen LogP contribution in [-0.2, 0) is 0 Å². The summed E-state index contributed by atoms with van der Waals surface area (Å²) in [7, 11) is 0. The van der Waals surface area contributed by atoms with Crippen LogP contribution in [0.15, 0.2) is 85.3 Å². The minimum absolute atomic E-state index is 0.401. The first-order valence-corrected chi connectivity index (χ1v) is 11.9. The molecule has 5 rings (SSSR count). The number of thiocarbonyl (C=S) groups is 1. The van der Waals surface area contributed by atoms with Crippen LogP contribution in [0.1, 0.15) is 30.9 Å². The number of hydrogen-bond donors (Lipinski definition) is 2. The van der Waals surface area contributed by atoms with Crippen molar-refractivity contribution in [2.45, 2.75) is 26.7 Å². The summed E-state index contributed by atoms with van der Waals surface area (Å²) in [5.74, 6) is 1.04. The molecule has 0 aliphatic rings. The van der Waals surface area contributed by atoms with Gasteiger partial charge in [-0.2, -0.15) is 0 Å². The van der Waals surface area contributed by atoms with Crippen molar-refractivity contribution in [3.05, 3.63) is 96.4 Å². The van der Waals surface area contributed by atoms with E-state index in [1.807, 2.05) is 48.5 Å². The molecule has 0 spiro atoms. The lowest BCUT2D eigenvalue weighted by Gasteiger charge is -2.16. The van der Waals surface area contributed by atoms with Gasteiger partial charge in [0.1, 0.15) is 6.33 Å². The molecule has 3 aromatic carbocycles. The Kier molecular flexibility index (Phi) is 6.25. The molecule has 0 bridgehead atoms. The summed E-state index contributed by atoms with van der Waals surface area (Å²) in [4.78, 5) is 9.13. The molecular weight excluding hydrogens is 452 g/mol. The molecule has 2 heterocycles. The molecule has 35 heavy (non-hydrogen) atoms. The van der Waals surface area contributed by atoms with Gasteiger partial charge in [0.15, 0.2) is 10.9 Å². The van der Waals surface area contributed by atoms with Crippen LogP contribution < -0.4 is 10.6 Å². The van der Waals surface area contributed by atoms with E-state index in [9.17, 15) is 0 Å². The van der Waals surface area contributed by atoms with Crippen LogP contribution in [0.3, 0.4) is 0 Å². The third kappa shape index (κ3) is 5.05. The summed E-state index contributed by atoms with van der Waals surface area (Å²) < 4.78 is 1.78. The van der Waals surface area contributed by atoms with Crippen LogP contribution in [0.25, 0.3) is 28.0 Å². The van der Waals surface area contributed by atoms with Crippen molar-refractivity contribution in [2.24, 2.45) is 0 Å². The van der Waals surface area contributed by atoms with Crippen LogP contribution in [0.4, 0.5) is 11.4 Å². The standard InChI is InChI=1S/C28H26N6S/c1-18(2)24-6-4-5-7-25(24)32-28(35)31-22-11-10-20-14-21(16-29-26(20)15-22)27-30-17-34(33-27)23-12-8-19(3)9-13-23/h4-18H,1-3H3,(H2,31,32,35). The number of benzene rings is 3. The predicted octanol–water partition coefficient (Wildman–Crippen LogP) is 6.72. The number of nitrogens with zero attached hydrogens (tertiary/aromatic N) is 4. The number of rotatable bonds is 5. The largest absolute Gasteiger partial charge is 0.332 e. The van der Waals surface area contributed by atoms with E-state index in [0.717, 1.165) is 33.5 Å². The Balaban J connectivity index is 1.32. The van der Waals surface area contributed by atoms with Gasteiger partial charge in [-0.15, -0.1) is 5.10 Å². The van der Waals surface area contributed by atoms with Crippen molar-refractivity contribution < 1.29 is 0 Å². The summed E-state index contributed by atoms with van der Waals surface area (Å²) in [5, 5.41) is 12.8. The number of aromatic nitrogens is 4. The maximum absolute atomic E-state index is 5.56. The lowest BCUT2D eigenvalue weighted by Crippen LogP contribution is -2.20. The highest BCUT2D eigenvalue weighted by Crippen LogP contribution is 2.25. The molecule has 2 aromatic heterocycles. The Labute approximate surface area is 210 Å². The molecule has 0 aliphatic carbocycles. The monoisotopic (exact) mass is 478 g/mol. The van der Waals surface area contributed by atoms with Crippen molar-refractivity contribution in [1.82, 2.24) is 19.7 Å². The highest BCUT2D eigenvalue weighted by atomic mass is 32.1. The average Bonchev–Trinajstić information content (AvgIpc) is 3.34. The minimum Gasteiger partial charge on any atom is -0.332 e. The molecule has 6 nitrogen and oxygen atoms in total. The first-order chi connectivity index (χ1) is 17.0. The Morgan fingerprint density at radius 2 is 1.71 bits per heavy atom. The zero-order valence-electron chi connectivity index (χ0n) is 19.9. The maximum atomic E-state index is 5.56. The fourth-order valence-corrected chi connectivity index (χ4v) is 4.17. The fourth-order valence-electron chi connectivity index (χ4n) is 3.94. The quantitative estimate of drug-likeness (QED) is 0.273. The van der Waals surface area contributed by atoms with Gasteiger partial charge in [0.2, 0.25) is 0 Å². The molecule has 0 unspecified atom stereocenters. The van der Waals surface area contributed by atoms with Gasteiger partial charge >= 0.3 is 0 Å². The van der Waals surface area contributed by atoms with Crippen molar-refractivity contribution >= 4 is 39.6 Å². The molecule has 0 atom stereocenters. The number of anilines is 2. The first-order valence-electron chi connectivity index (χ1n) is 11.5. The van der Waals surface area contributed by atoms with Crippen molar-refractivity contribution in [1.29, 1.82) is 0 Å². The molecule has 0 amide bonds. The van der Waals surface area contributed by atoms with E-state index < -0.39 is 0 Å². The number of fused-ring (bicyclic) bond motifs is 1. The van der Waals surface area contributed by atoms with Crippen LogP contribution in [0.5, 0.6) is 0 Å². The molecule has 0 saturated carbocycles. The maximum Gasteiger partial charge on any atom is 0.183 e. The fraction of sp³-hybridized carbons (Fsp3) is 0.143. The smallest absolute Gasteiger partial charge is 0.183 e. The molecule has 0 aliphatic heterocycles. The molecular formula is C28H26N6S. The first kappa shape index (κ1) is 22.7. The molecule has 0 saturated heterocycles. The van der Waals surface area contributed by atoms with E-state index in [1.165, 1.54) is 11.1 Å². The zero-order valence-corrected chi connectivity index (χ0v) is 20.7. The van der Waals surface area contributed by atoms with E-state index in [0.29, 0.717) is 16.9 Å².